The van der Waals surface area contributed by atoms with E-state index in [9.17, 15) is 4.79 Å². The van der Waals surface area contributed by atoms with Gasteiger partial charge in [0.2, 0.25) is 0 Å². The number of carbonyl (C=O) groups is 1. The van der Waals surface area contributed by atoms with Gasteiger partial charge in [0.1, 0.15) is 0 Å². The Morgan fingerprint density at radius 1 is 1.50 bits per heavy atom. The van der Waals surface area contributed by atoms with E-state index in [1.807, 2.05) is 6.07 Å². The molecule has 0 aliphatic carbocycles. The molecule has 0 fully saturated rings. The highest BCUT2D eigenvalue weighted by Crippen LogP contribution is 2.11. The molecule has 2 nitrogen and oxygen atoms in total. The first-order valence-corrected chi connectivity index (χ1v) is 4.66. The third-order valence-electron chi connectivity index (χ3n) is 1.66. The summed E-state index contributed by atoms with van der Waals surface area (Å²) in [6, 6.07) is 7.16. The van der Waals surface area contributed by atoms with Crippen molar-refractivity contribution >= 4 is 18.5 Å². The summed E-state index contributed by atoms with van der Waals surface area (Å²) in [7, 11) is 0. The molecule has 0 saturated heterocycles. The van der Waals surface area contributed by atoms with Crippen LogP contribution in [0.15, 0.2) is 29.2 Å². The number of nitrogens with one attached hydrogen (secondary N) is 1. The van der Waals surface area contributed by atoms with Gasteiger partial charge < -0.3 is 5.32 Å². The maximum Gasteiger partial charge on any atom is 0.253 e. The molecule has 0 saturated carbocycles. The van der Waals surface area contributed by atoms with Crippen LogP contribution in [0, 0.1) is 11.8 Å². The second-order valence-electron chi connectivity index (χ2n) is 2.63. The molecule has 72 valence electrons. The van der Waals surface area contributed by atoms with E-state index in [0.717, 1.165) is 0 Å². The van der Waals surface area contributed by atoms with Crippen LogP contribution in [0.4, 0.5) is 0 Å². The number of thiol groups is 1. The summed E-state index contributed by atoms with van der Waals surface area (Å²) in [5, 5.41) is 2.68. The van der Waals surface area contributed by atoms with Crippen LogP contribution in [0.25, 0.3) is 0 Å². The minimum atomic E-state index is -0.140. The molecule has 0 aliphatic heterocycles. The molecular formula is C11H11NOS. The van der Waals surface area contributed by atoms with Gasteiger partial charge in [0.05, 0.1) is 12.1 Å². The largest absolute Gasteiger partial charge is 0.341 e. The van der Waals surface area contributed by atoms with Crippen molar-refractivity contribution in [2.75, 3.05) is 6.54 Å². The zero-order valence-electron chi connectivity index (χ0n) is 7.87. The predicted molar refractivity (Wildman–Crippen MR) is 59.5 cm³/mol. The van der Waals surface area contributed by atoms with E-state index in [-0.39, 0.29) is 5.91 Å². The molecule has 0 unspecified atom stereocenters. The monoisotopic (exact) mass is 205 g/mol. The van der Waals surface area contributed by atoms with Crippen molar-refractivity contribution in [3.63, 3.8) is 0 Å². The third kappa shape index (κ3) is 2.82. The van der Waals surface area contributed by atoms with Crippen molar-refractivity contribution in [2.24, 2.45) is 0 Å². The van der Waals surface area contributed by atoms with E-state index >= 15 is 0 Å². The van der Waals surface area contributed by atoms with Gasteiger partial charge in [0, 0.05) is 4.90 Å². The van der Waals surface area contributed by atoms with Crippen LogP contribution in [-0.4, -0.2) is 12.5 Å². The van der Waals surface area contributed by atoms with Gasteiger partial charge in [-0.25, -0.2) is 0 Å². The van der Waals surface area contributed by atoms with E-state index in [2.05, 4.69) is 29.8 Å². The second kappa shape index (κ2) is 5.36. The number of benzene rings is 1. The van der Waals surface area contributed by atoms with Crippen LogP contribution in [0.2, 0.25) is 0 Å². The molecule has 0 heterocycles. The summed E-state index contributed by atoms with van der Waals surface area (Å²) >= 11 is 4.19. The highest BCUT2D eigenvalue weighted by atomic mass is 32.1. The van der Waals surface area contributed by atoms with Crippen molar-refractivity contribution in [1.29, 1.82) is 0 Å². The zero-order valence-corrected chi connectivity index (χ0v) is 8.77. The van der Waals surface area contributed by atoms with Crippen LogP contribution in [0.3, 0.4) is 0 Å². The maximum absolute atomic E-state index is 11.5. The molecule has 1 aromatic rings. The van der Waals surface area contributed by atoms with Crippen LogP contribution < -0.4 is 5.32 Å². The van der Waals surface area contributed by atoms with Gasteiger partial charge in [-0.1, -0.05) is 18.1 Å². The Morgan fingerprint density at radius 3 is 2.86 bits per heavy atom. The lowest BCUT2D eigenvalue weighted by Crippen LogP contribution is -2.23. The Balaban J connectivity index is 2.68. The molecular weight excluding hydrogens is 194 g/mol. The first kappa shape index (κ1) is 10.7. The topological polar surface area (TPSA) is 29.1 Å². The number of hydrogen-bond acceptors (Lipinski definition) is 2. The van der Waals surface area contributed by atoms with Crippen LogP contribution in [-0.2, 0) is 0 Å². The lowest BCUT2D eigenvalue weighted by atomic mass is 10.2. The maximum atomic E-state index is 11.5. The molecule has 0 atom stereocenters. The highest BCUT2D eigenvalue weighted by Gasteiger charge is 2.06. The fraction of sp³-hybridized carbons (Fsp3) is 0.182. The second-order valence-corrected chi connectivity index (χ2v) is 3.11. The van der Waals surface area contributed by atoms with E-state index in [1.54, 1.807) is 25.1 Å². The number of amides is 1. The van der Waals surface area contributed by atoms with Gasteiger partial charge in [0.15, 0.2) is 0 Å². The van der Waals surface area contributed by atoms with Crippen molar-refractivity contribution in [1.82, 2.24) is 5.32 Å². The fourth-order valence-corrected chi connectivity index (χ4v) is 1.24. The van der Waals surface area contributed by atoms with E-state index < -0.39 is 0 Å². The van der Waals surface area contributed by atoms with Crippen LogP contribution in [0.1, 0.15) is 17.3 Å². The Hall–Kier alpha value is -1.40. The highest BCUT2D eigenvalue weighted by molar-refractivity contribution is 7.80. The molecule has 0 spiro atoms. The molecule has 0 bridgehead atoms. The summed E-state index contributed by atoms with van der Waals surface area (Å²) in [5.74, 6) is 5.33. The molecule has 0 radical (unpaired) electrons. The van der Waals surface area contributed by atoms with Gasteiger partial charge >= 0.3 is 0 Å². The van der Waals surface area contributed by atoms with E-state index in [1.165, 1.54) is 0 Å². The SMILES string of the molecule is CC#CCNC(=O)c1ccccc1S. The minimum Gasteiger partial charge on any atom is -0.341 e. The molecule has 1 rings (SSSR count). The predicted octanol–water partition coefficient (Wildman–Crippen LogP) is 1.73. The Morgan fingerprint density at radius 2 is 2.21 bits per heavy atom. The molecule has 1 aromatic carbocycles. The van der Waals surface area contributed by atoms with Gasteiger partial charge in [-0.15, -0.1) is 18.5 Å². The van der Waals surface area contributed by atoms with Crippen molar-refractivity contribution < 1.29 is 4.79 Å². The Labute approximate surface area is 89.1 Å². The van der Waals surface area contributed by atoms with Crippen molar-refractivity contribution in [3.05, 3.63) is 29.8 Å². The minimum absolute atomic E-state index is 0.140. The Bertz CT molecular complexity index is 390. The number of rotatable bonds is 2. The van der Waals surface area contributed by atoms with Crippen molar-refractivity contribution in [2.45, 2.75) is 11.8 Å². The van der Waals surface area contributed by atoms with E-state index in [0.29, 0.717) is 17.0 Å². The normalized spacial score (nSPS) is 8.71. The molecule has 1 N–H and O–H groups in total. The average molecular weight is 205 g/mol. The van der Waals surface area contributed by atoms with Crippen LogP contribution in [0.5, 0.6) is 0 Å². The van der Waals surface area contributed by atoms with Gasteiger partial charge in [0.25, 0.3) is 5.91 Å². The Kier molecular flexibility index (Phi) is 4.09. The van der Waals surface area contributed by atoms with Crippen LogP contribution >= 0.6 is 12.6 Å². The molecule has 3 heteroatoms. The summed E-state index contributed by atoms with van der Waals surface area (Å²) in [4.78, 5) is 12.2. The van der Waals surface area contributed by atoms with Gasteiger partial charge in [-0.3, -0.25) is 4.79 Å². The summed E-state index contributed by atoms with van der Waals surface area (Å²) < 4.78 is 0. The standard InChI is InChI=1S/C11H11NOS/c1-2-3-8-12-11(13)9-6-4-5-7-10(9)14/h4-7,14H,8H2,1H3,(H,12,13). The molecule has 14 heavy (non-hydrogen) atoms. The van der Waals surface area contributed by atoms with E-state index in [4.69, 9.17) is 0 Å². The first-order chi connectivity index (χ1) is 6.75. The molecule has 1 amide bonds. The quantitative estimate of drug-likeness (QED) is 0.559. The third-order valence-corrected chi connectivity index (χ3v) is 2.05. The fourth-order valence-electron chi connectivity index (χ4n) is 0.974. The first-order valence-electron chi connectivity index (χ1n) is 4.21. The number of hydrogen-bond donors (Lipinski definition) is 2. The van der Waals surface area contributed by atoms with Gasteiger partial charge in [-0.05, 0) is 19.1 Å². The molecule has 0 aliphatic rings. The summed E-state index contributed by atoms with van der Waals surface area (Å²) in [6.45, 7) is 2.11. The summed E-state index contributed by atoms with van der Waals surface area (Å²) in [6.07, 6.45) is 0. The smallest absolute Gasteiger partial charge is 0.253 e. The van der Waals surface area contributed by atoms with Gasteiger partial charge in [-0.2, -0.15) is 0 Å². The zero-order chi connectivity index (χ0) is 10.4. The van der Waals surface area contributed by atoms with Crippen molar-refractivity contribution in [3.8, 4) is 11.8 Å². The lowest BCUT2D eigenvalue weighted by Gasteiger charge is -2.03. The average Bonchev–Trinajstić information content (AvgIpc) is 2.18. The summed E-state index contributed by atoms with van der Waals surface area (Å²) in [5.41, 5.74) is 0.578. The number of carbonyl (C=O) groups excluding carboxylic acids is 1. The lowest BCUT2D eigenvalue weighted by molar-refractivity contribution is 0.0956. The molecule has 0 aromatic heterocycles.